The highest BCUT2D eigenvalue weighted by Gasteiger charge is 2.27. The SMILES string of the molecule is Cc1ccc(C)c(S(=O)(=O)Nc2ccc(C(=O)N3CCC(c4nc5ccccc5o4)CC3)cc2)c1. The quantitative estimate of drug-likeness (QED) is 0.413. The molecule has 0 bridgehead atoms. The smallest absolute Gasteiger partial charge is 0.262 e. The van der Waals surface area contributed by atoms with E-state index in [1.54, 1.807) is 43.3 Å². The van der Waals surface area contributed by atoms with E-state index in [0.717, 1.165) is 35.4 Å². The molecule has 5 rings (SSSR count). The molecule has 0 unspecified atom stereocenters. The van der Waals surface area contributed by atoms with Crippen LogP contribution < -0.4 is 4.72 Å². The molecule has 1 aliphatic rings. The maximum atomic E-state index is 13.0. The standard InChI is InChI=1S/C27H27N3O4S/c1-18-7-8-19(2)25(17-18)35(32,33)29-22-11-9-21(10-12-22)27(31)30-15-13-20(14-16-30)26-28-23-5-3-4-6-24(23)34-26/h3-12,17,20,29H,13-16H2,1-2H3. The number of anilines is 1. The predicted molar refractivity (Wildman–Crippen MR) is 135 cm³/mol. The van der Waals surface area contributed by atoms with Crippen molar-refractivity contribution in [3.8, 4) is 0 Å². The van der Waals surface area contributed by atoms with Gasteiger partial charge in [-0.05, 0) is 80.3 Å². The number of hydrogen-bond acceptors (Lipinski definition) is 5. The Morgan fingerprint density at radius 1 is 1.00 bits per heavy atom. The summed E-state index contributed by atoms with van der Waals surface area (Å²) in [6.45, 7) is 4.85. The minimum atomic E-state index is -3.72. The second-order valence-corrected chi connectivity index (χ2v) is 10.7. The van der Waals surface area contributed by atoms with Crippen LogP contribution in [0.3, 0.4) is 0 Å². The second-order valence-electron chi connectivity index (χ2n) is 9.04. The molecule has 180 valence electrons. The number of benzene rings is 3. The second kappa shape index (κ2) is 9.19. The van der Waals surface area contributed by atoms with Gasteiger partial charge in [0.15, 0.2) is 11.5 Å². The minimum absolute atomic E-state index is 0.0649. The van der Waals surface area contributed by atoms with E-state index in [1.807, 2.05) is 42.2 Å². The summed E-state index contributed by atoms with van der Waals surface area (Å²) in [7, 11) is -3.72. The van der Waals surface area contributed by atoms with Crippen LogP contribution in [0.4, 0.5) is 5.69 Å². The molecule has 1 aromatic heterocycles. The van der Waals surface area contributed by atoms with Gasteiger partial charge in [-0.3, -0.25) is 9.52 Å². The summed E-state index contributed by atoms with van der Waals surface area (Å²) in [6, 6.07) is 19.6. The number of rotatable bonds is 5. The topological polar surface area (TPSA) is 92.5 Å². The van der Waals surface area contributed by atoms with Crippen LogP contribution in [-0.4, -0.2) is 37.3 Å². The first-order valence-electron chi connectivity index (χ1n) is 11.6. The number of carbonyl (C=O) groups is 1. The third-order valence-electron chi connectivity index (χ3n) is 6.46. The van der Waals surface area contributed by atoms with Crippen LogP contribution in [0.25, 0.3) is 11.1 Å². The van der Waals surface area contributed by atoms with Crippen LogP contribution in [-0.2, 0) is 10.0 Å². The lowest BCUT2D eigenvalue weighted by Gasteiger charge is -2.30. The first-order chi connectivity index (χ1) is 16.8. The Bertz CT molecular complexity index is 1450. The number of hydrogen-bond donors (Lipinski definition) is 1. The number of nitrogens with zero attached hydrogens (tertiary/aromatic N) is 2. The van der Waals surface area contributed by atoms with E-state index in [9.17, 15) is 13.2 Å². The number of likely N-dealkylation sites (tertiary alicyclic amines) is 1. The average molecular weight is 490 g/mol. The van der Waals surface area contributed by atoms with Crippen LogP contribution in [0, 0.1) is 13.8 Å². The van der Waals surface area contributed by atoms with Gasteiger partial charge in [-0.15, -0.1) is 0 Å². The zero-order valence-electron chi connectivity index (χ0n) is 19.7. The van der Waals surface area contributed by atoms with Crippen LogP contribution >= 0.6 is 0 Å². The van der Waals surface area contributed by atoms with Crippen LogP contribution in [0.5, 0.6) is 0 Å². The maximum absolute atomic E-state index is 13.0. The molecule has 3 aromatic carbocycles. The van der Waals surface area contributed by atoms with Gasteiger partial charge in [0.2, 0.25) is 0 Å². The summed E-state index contributed by atoms with van der Waals surface area (Å²) < 4.78 is 34.2. The molecule has 1 fully saturated rings. The molecule has 1 saturated heterocycles. The lowest BCUT2D eigenvalue weighted by atomic mass is 9.96. The highest BCUT2D eigenvalue weighted by atomic mass is 32.2. The molecule has 7 nitrogen and oxygen atoms in total. The molecule has 1 N–H and O–H groups in total. The first-order valence-corrected chi connectivity index (χ1v) is 13.1. The minimum Gasteiger partial charge on any atom is -0.440 e. The van der Waals surface area contributed by atoms with E-state index in [4.69, 9.17) is 4.42 Å². The van der Waals surface area contributed by atoms with Crippen molar-refractivity contribution in [3.05, 3.63) is 89.3 Å². The van der Waals surface area contributed by atoms with Crippen molar-refractivity contribution in [1.29, 1.82) is 0 Å². The molecule has 0 spiro atoms. The Morgan fingerprint density at radius 3 is 2.43 bits per heavy atom. The lowest BCUT2D eigenvalue weighted by molar-refractivity contribution is 0.0706. The number of para-hydroxylation sites is 2. The van der Waals surface area contributed by atoms with Gasteiger partial charge in [0, 0.05) is 30.3 Å². The van der Waals surface area contributed by atoms with Gasteiger partial charge in [-0.1, -0.05) is 24.3 Å². The Morgan fingerprint density at radius 2 is 1.71 bits per heavy atom. The third kappa shape index (κ3) is 4.79. The van der Waals surface area contributed by atoms with Gasteiger partial charge in [-0.2, -0.15) is 0 Å². The summed E-state index contributed by atoms with van der Waals surface area (Å²) in [5.74, 6) is 0.858. The number of nitrogens with one attached hydrogen (secondary N) is 1. The molecule has 4 aromatic rings. The maximum Gasteiger partial charge on any atom is 0.262 e. The highest BCUT2D eigenvalue weighted by Crippen LogP contribution is 2.30. The summed E-state index contributed by atoms with van der Waals surface area (Å²) in [5, 5.41) is 0. The summed E-state index contributed by atoms with van der Waals surface area (Å²) in [6.07, 6.45) is 1.57. The Kier molecular flexibility index (Phi) is 6.06. The molecule has 0 atom stereocenters. The number of oxazole rings is 1. The van der Waals surface area contributed by atoms with Crippen LogP contribution in [0.2, 0.25) is 0 Å². The number of aryl methyl sites for hydroxylation is 2. The van der Waals surface area contributed by atoms with Crippen molar-refractivity contribution in [2.45, 2.75) is 37.5 Å². The van der Waals surface area contributed by atoms with Crippen LogP contribution in [0.1, 0.15) is 46.1 Å². The summed E-state index contributed by atoms with van der Waals surface area (Å²) >= 11 is 0. The highest BCUT2D eigenvalue weighted by molar-refractivity contribution is 7.92. The van der Waals surface area contributed by atoms with Crippen molar-refractivity contribution in [3.63, 3.8) is 0 Å². The van der Waals surface area contributed by atoms with Gasteiger partial charge in [0.1, 0.15) is 5.52 Å². The lowest BCUT2D eigenvalue weighted by Crippen LogP contribution is -2.38. The molecule has 1 amide bonds. The van der Waals surface area contributed by atoms with Gasteiger partial charge in [-0.25, -0.2) is 13.4 Å². The van der Waals surface area contributed by atoms with E-state index in [0.29, 0.717) is 29.9 Å². The van der Waals surface area contributed by atoms with Gasteiger partial charge in [0.05, 0.1) is 4.90 Å². The molecule has 35 heavy (non-hydrogen) atoms. The van der Waals surface area contributed by atoms with Crippen LogP contribution in [0.15, 0.2) is 76.0 Å². The Balaban J connectivity index is 1.22. The molecule has 0 radical (unpaired) electrons. The normalized spacial score (nSPS) is 14.9. The monoisotopic (exact) mass is 489 g/mol. The van der Waals surface area contributed by atoms with Gasteiger partial charge >= 0.3 is 0 Å². The number of carbonyl (C=O) groups excluding carboxylic acids is 1. The number of fused-ring (bicyclic) bond motifs is 1. The van der Waals surface area contributed by atoms with E-state index in [-0.39, 0.29) is 16.7 Å². The summed E-state index contributed by atoms with van der Waals surface area (Å²) in [4.78, 5) is 19.7. The van der Waals surface area contributed by atoms with Gasteiger partial charge in [0.25, 0.3) is 15.9 Å². The van der Waals surface area contributed by atoms with Crippen molar-refractivity contribution >= 4 is 32.7 Å². The number of aromatic nitrogens is 1. The molecule has 0 aliphatic carbocycles. The Hall–Kier alpha value is -3.65. The fraction of sp³-hybridized carbons (Fsp3) is 0.259. The first kappa shape index (κ1) is 23.1. The molecule has 1 aliphatic heterocycles. The third-order valence-corrected chi connectivity index (χ3v) is 7.98. The van der Waals surface area contributed by atoms with E-state index in [2.05, 4.69) is 9.71 Å². The number of piperidine rings is 1. The molecule has 8 heteroatoms. The number of sulfonamides is 1. The molecule has 2 heterocycles. The zero-order valence-corrected chi connectivity index (χ0v) is 20.5. The number of amides is 1. The largest absolute Gasteiger partial charge is 0.440 e. The van der Waals surface area contributed by atoms with E-state index < -0.39 is 10.0 Å². The van der Waals surface area contributed by atoms with Crippen molar-refractivity contribution in [2.24, 2.45) is 0 Å². The van der Waals surface area contributed by atoms with Crippen molar-refractivity contribution < 1.29 is 17.6 Å². The van der Waals surface area contributed by atoms with Crippen molar-refractivity contribution in [1.82, 2.24) is 9.88 Å². The summed E-state index contributed by atoms with van der Waals surface area (Å²) in [5.41, 5.74) is 4.13. The average Bonchev–Trinajstić information content (AvgIpc) is 3.30. The molecule has 0 saturated carbocycles. The van der Waals surface area contributed by atoms with E-state index >= 15 is 0 Å². The Labute approximate surface area is 204 Å². The van der Waals surface area contributed by atoms with E-state index in [1.165, 1.54) is 0 Å². The molecular formula is C27H27N3O4S. The zero-order chi connectivity index (χ0) is 24.6. The fourth-order valence-electron chi connectivity index (χ4n) is 4.46. The molecular weight excluding hydrogens is 462 g/mol. The fourth-order valence-corrected chi connectivity index (χ4v) is 5.85. The van der Waals surface area contributed by atoms with Crippen molar-refractivity contribution in [2.75, 3.05) is 17.8 Å². The van der Waals surface area contributed by atoms with Gasteiger partial charge < -0.3 is 9.32 Å². The predicted octanol–water partition coefficient (Wildman–Crippen LogP) is 5.27.